The van der Waals surface area contributed by atoms with Gasteiger partial charge in [-0.1, -0.05) is 36.4 Å². The Balaban J connectivity index is 1.65. The number of aromatic nitrogens is 1. The maximum absolute atomic E-state index is 13.3. The van der Waals surface area contributed by atoms with Crippen molar-refractivity contribution < 1.29 is 4.79 Å². The zero-order valence-corrected chi connectivity index (χ0v) is 18.6. The summed E-state index contributed by atoms with van der Waals surface area (Å²) in [5.74, 6) is -0.230. The van der Waals surface area contributed by atoms with E-state index < -0.39 is 0 Å². The highest BCUT2D eigenvalue weighted by Crippen LogP contribution is 2.18. The molecule has 1 aromatic heterocycles. The number of benzene rings is 3. The smallest absolute Gasteiger partial charge is 0.256 e. The van der Waals surface area contributed by atoms with Gasteiger partial charge in [0, 0.05) is 23.5 Å². The van der Waals surface area contributed by atoms with Crippen LogP contribution in [0.5, 0.6) is 0 Å². The summed E-state index contributed by atoms with van der Waals surface area (Å²) < 4.78 is 1.57. The van der Waals surface area contributed by atoms with Crippen molar-refractivity contribution in [3.63, 3.8) is 0 Å². The minimum absolute atomic E-state index is 0.0507. The van der Waals surface area contributed by atoms with Crippen LogP contribution in [0, 0.1) is 20.8 Å². The third-order valence-corrected chi connectivity index (χ3v) is 5.68. The number of nitrogens with one attached hydrogen (secondary N) is 2. The van der Waals surface area contributed by atoms with Crippen molar-refractivity contribution in [1.82, 2.24) is 4.57 Å². The predicted octanol–water partition coefficient (Wildman–Crippen LogP) is 5.18. The average Bonchev–Trinajstić information content (AvgIpc) is 2.78. The second-order valence-electron chi connectivity index (χ2n) is 8.19. The number of fused-ring (bicyclic) bond motifs is 1. The molecule has 0 aliphatic rings. The molecule has 3 aromatic carbocycles. The number of pyridine rings is 1. The highest BCUT2D eigenvalue weighted by molar-refractivity contribution is 5.92. The molecule has 0 unspecified atom stereocenters. The van der Waals surface area contributed by atoms with E-state index in [1.165, 1.54) is 5.56 Å². The molecule has 2 N–H and O–H groups in total. The first-order valence-electron chi connectivity index (χ1n) is 10.7. The van der Waals surface area contributed by atoms with E-state index in [0.717, 1.165) is 33.4 Å². The molecule has 5 nitrogen and oxygen atoms in total. The van der Waals surface area contributed by atoms with Crippen LogP contribution in [0.2, 0.25) is 0 Å². The SMILES string of the molecule is Cc1ccc2cc(CNc3ccccc3)c(=O)n(CC(=O)Nc3ccc(C)c(C)c3)c2c1. The molecule has 1 heterocycles. The molecule has 1 amide bonds. The van der Waals surface area contributed by atoms with Crippen LogP contribution in [0.3, 0.4) is 0 Å². The first-order valence-corrected chi connectivity index (χ1v) is 10.7. The molecule has 0 fully saturated rings. The molecule has 0 aliphatic carbocycles. The number of hydrogen-bond donors (Lipinski definition) is 2. The Kier molecular flexibility index (Phi) is 6.08. The molecule has 0 aliphatic heterocycles. The van der Waals surface area contributed by atoms with Crippen LogP contribution in [0.4, 0.5) is 11.4 Å². The maximum atomic E-state index is 13.3. The topological polar surface area (TPSA) is 63.1 Å². The van der Waals surface area contributed by atoms with Crippen LogP contribution in [0.1, 0.15) is 22.3 Å². The zero-order valence-electron chi connectivity index (χ0n) is 18.6. The Hall–Kier alpha value is -3.86. The van der Waals surface area contributed by atoms with E-state index in [9.17, 15) is 9.59 Å². The van der Waals surface area contributed by atoms with Gasteiger partial charge in [-0.2, -0.15) is 0 Å². The second-order valence-corrected chi connectivity index (χ2v) is 8.19. The molecule has 0 saturated carbocycles. The van der Waals surface area contributed by atoms with E-state index in [1.807, 2.05) is 93.6 Å². The van der Waals surface area contributed by atoms with Crippen molar-refractivity contribution in [1.29, 1.82) is 0 Å². The van der Waals surface area contributed by atoms with Gasteiger partial charge < -0.3 is 10.6 Å². The fraction of sp³-hybridized carbons (Fsp3) is 0.185. The lowest BCUT2D eigenvalue weighted by Gasteiger charge is -2.15. The first kappa shape index (κ1) is 21.4. The summed E-state index contributed by atoms with van der Waals surface area (Å²) in [5.41, 5.74) is 6.19. The summed E-state index contributed by atoms with van der Waals surface area (Å²) in [7, 11) is 0. The highest BCUT2D eigenvalue weighted by atomic mass is 16.2. The number of anilines is 2. The minimum atomic E-state index is -0.230. The highest BCUT2D eigenvalue weighted by Gasteiger charge is 2.13. The fourth-order valence-electron chi connectivity index (χ4n) is 3.74. The van der Waals surface area contributed by atoms with Gasteiger partial charge in [-0.3, -0.25) is 14.2 Å². The van der Waals surface area contributed by atoms with Crippen LogP contribution >= 0.6 is 0 Å². The number of para-hydroxylation sites is 1. The van der Waals surface area contributed by atoms with Crippen molar-refractivity contribution >= 4 is 28.2 Å². The number of nitrogens with zero attached hydrogens (tertiary/aromatic N) is 1. The van der Waals surface area contributed by atoms with E-state index in [-0.39, 0.29) is 18.0 Å². The van der Waals surface area contributed by atoms with Gasteiger partial charge in [0.15, 0.2) is 0 Å². The molecule has 162 valence electrons. The van der Waals surface area contributed by atoms with Crippen molar-refractivity contribution in [3.8, 4) is 0 Å². The van der Waals surface area contributed by atoms with Gasteiger partial charge in [0.25, 0.3) is 5.56 Å². The lowest BCUT2D eigenvalue weighted by atomic mass is 10.1. The Bertz CT molecular complexity index is 1340. The quantitative estimate of drug-likeness (QED) is 0.448. The van der Waals surface area contributed by atoms with E-state index >= 15 is 0 Å². The third-order valence-electron chi connectivity index (χ3n) is 5.68. The Morgan fingerprint density at radius 3 is 2.38 bits per heavy atom. The standard InChI is InChI=1S/C27H27N3O2/c1-18-9-11-21-15-22(16-28-23-7-5-4-6-8-23)27(32)30(25(21)13-18)17-26(31)29-24-12-10-19(2)20(3)14-24/h4-15,28H,16-17H2,1-3H3,(H,29,31). The second kappa shape index (κ2) is 9.10. The monoisotopic (exact) mass is 425 g/mol. The normalized spacial score (nSPS) is 10.8. The summed E-state index contributed by atoms with van der Waals surface area (Å²) in [6.45, 7) is 6.35. The number of hydrogen-bond acceptors (Lipinski definition) is 3. The molecule has 5 heteroatoms. The molecule has 4 aromatic rings. The van der Waals surface area contributed by atoms with Gasteiger partial charge in [-0.25, -0.2) is 0 Å². The van der Waals surface area contributed by atoms with Crippen LogP contribution in [0.25, 0.3) is 10.9 Å². The van der Waals surface area contributed by atoms with Gasteiger partial charge in [-0.05, 0) is 79.2 Å². The van der Waals surface area contributed by atoms with E-state index in [2.05, 4.69) is 10.6 Å². The molecule has 0 atom stereocenters. The van der Waals surface area contributed by atoms with E-state index in [1.54, 1.807) is 4.57 Å². The predicted molar refractivity (Wildman–Crippen MR) is 131 cm³/mol. The van der Waals surface area contributed by atoms with Crippen molar-refractivity contribution in [3.05, 3.63) is 105 Å². The molecule has 32 heavy (non-hydrogen) atoms. The molecule has 4 rings (SSSR count). The molecular weight excluding hydrogens is 398 g/mol. The zero-order chi connectivity index (χ0) is 22.7. The number of aryl methyl sites for hydroxylation is 3. The van der Waals surface area contributed by atoms with Crippen LogP contribution in [0.15, 0.2) is 77.6 Å². The maximum Gasteiger partial charge on any atom is 0.256 e. The molecule has 0 spiro atoms. The van der Waals surface area contributed by atoms with Gasteiger partial charge in [0.2, 0.25) is 5.91 Å². The fourth-order valence-corrected chi connectivity index (χ4v) is 3.74. The number of carbonyl (C=O) groups excluding carboxylic acids is 1. The number of rotatable bonds is 6. The van der Waals surface area contributed by atoms with Gasteiger partial charge in [0.05, 0.1) is 5.52 Å². The lowest BCUT2D eigenvalue weighted by molar-refractivity contribution is -0.116. The summed E-state index contributed by atoms with van der Waals surface area (Å²) in [6.07, 6.45) is 0. The van der Waals surface area contributed by atoms with Gasteiger partial charge in [-0.15, -0.1) is 0 Å². The summed E-state index contributed by atoms with van der Waals surface area (Å²) in [6, 6.07) is 23.4. The van der Waals surface area contributed by atoms with Crippen molar-refractivity contribution in [2.24, 2.45) is 0 Å². The molecular formula is C27H27N3O2. The summed E-state index contributed by atoms with van der Waals surface area (Å²) >= 11 is 0. The van der Waals surface area contributed by atoms with Crippen LogP contribution < -0.4 is 16.2 Å². The van der Waals surface area contributed by atoms with E-state index in [4.69, 9.17) is 0 Å². The Morgan fingerprint density at radius 1 is 0.844 bits per heavy atom. The molecule has 0 saturated heterocycles. The lowest BCUT2D eigenvalue weighted by Crippen LogP contribution is -2.30. The minimum Gasteiger partial charge on any atom is -0.381 e. The Morgan fingerprint density at radius 2 is 1.62 bits per heavy atom. The van der Waals surface area contributed by atoms with Gasteiger partial charge in [0.1, 0.15) is 6.54 Å². The van der Waals surface area contributed by atoms with Crippen molar-refractivity contribution in [2.75, 3.05) is 10.6 Å². The summed E-state index contributed by atoms with van der Waals surface area (Å²) in [5, 5.41) is 7.15. The third kappa shape index (κ3) is 4.72. The largest absolute Gasteiger partial charge is 0.381 e. The van der Waals surface area contributed by atoms with Crippen LogP contribution in [-0.2, 0) is 17.9 Å². The Labute approximate surface area is 187 Å². The number of amides is 1. The summed E-state index contributed by atoms with van der Waals surface area (Å²) in [4.78, 5) is 26.2. The van der Waals surface area contributed by atoms with E-state index in [0.29, 0.717) is 12.1 Å². The average molecular weight is 426 g/mol. The molecule has 0 radical (unpaired) electrons. The van der Waals surface area contributed by atoms with Gasteiger partial charge >= 0.3 is 0 Å². The van der Waals surface area contributed by atoms with Crippen LogP contribution in [-0.4, -0.2) is 10.5 Å². The first-order chi connectivity index (χ1) is 15.4. The number of carbonyl (C=O) groups is 1. The van der Waals surface area contributed by atoms with Crippen molar-refractivity contribution in [2.45, 2.75) is 33.9 Å². The molecule has 0 bridgehead atoms.